The van der Waals surface area contributed by atoms with E-state index in [-0.39, 0.29) is 11.4 Å². The minimum atomic E-state index is -3.79. The summed E-state index contributed by atoms with van der Waals surface area (Å²) in [5, 5.41) is 17.1. The zero-order chi connectivity index (χ0) is 22.1. The summed E-state index contributed by atoms with van der Waals surface area (Å²) in [4.78, 5) is 6.59. The van der Waals surface area contributed by atoms with Gasteiger partial charge in [0.15, 0.2) is 5.72 Å². The van der Waals surface area contributed by atoms with Crippen molar-refractivity contribution in [1.82, 2.24) is 0 Å². The van der Waals surface area contributed by atoms with Crippen molar-refractivity contribution in [3.8, 4) is 0 Å². The normalized spacial score (nSPS) is 18.8. The highest BCUT2D eigenvalue weighted by molar-refractivity contribution is 7.89. The van der Waals surface area contributed by atoms with E-state index >= 15 is 0 Å². The average molecular weight is 456 g/mol. The number of aliphatic hydroxyl groups is 1. The van der Waals surface area contributed by atoms with E-state index in [1.54, 1.807) is 24.3 Å². The smallest absolute Gasteiger partial charge is 0.238 e. The van der Waals surface area contributed by atoms with Crippen LogP contribution in [0.3, 0.4) is 0 Å². The molecular formula is C23H22ClN3O3S. The fourth-order valence-corrected chi connectivity index (χ4v) is 4.24. The molecule has 0 saturated carbocycles. The molecule has 0 fully saturated rings. The van der Waals surface area contributed by atoms with Crippen molar-refractivity contribution in [3.05, 3.63) is 95.0 Å². The second kappa shape index (κ2) is 8.43. The van der Waals surface area contributed by atoms with Crippen LogP contribution in [0.2, 0.25) is 5.02 Å². The number of hydrogen-bond acceptors (Lipinski definition) is 5. The molecule has 4 rings (SSSR count). The molecule has 31 heavy (non-hydrogen) atoms. The molecule has 1 unspecified atom stereocenters. The van der Waals surface area contributed by atoms with Crippen LogP contribution in [0.5, 0.6) is 0 Å². The van der Waals surface area contributed by atoms with E-state index in [0.29, 0.717) is 29.3 Å². The van der Waals surface area contributed by atoms with E-state index in [1.165, 1.54) is 12.1 Å². The van der Waals surface area contributed by atoms with Gasteiger partial charge in [0.2, 0.25) is 10.0 Å². The molecule has 0 aliphatic carbocycles. The minimum absolute atomic E-state index is 0.0206. The second-order valence-electron chi connectivity index (χ2n) is 7.54. The lowest BCUT2D eigenvalue weighted by Crippen LogP contribution is -2.36. The molecule has 0 radical (unpaired) electrons. The number of rotatable bonds is 6. The number of β-amino-alcohol motifs (C(OH)–C–C–N with tert-alkyl or cyclic N) is 1. The van der Waals surface area contributed by atoms with Crippen LogP contribution in [0.15, 0.2) is 88.8 Å². The van der Waals surface area contributed by atoms with Crippen molar-refractivity contribution >= 4 is 33.1 Å². The minimum Gasteiger partial charge on any atom is -0.368 e. The predicted octanol–water partition coefficient (Wildman–Crippen LogP) is 3.58. The van der Waals surface area contributed by atoms with Crippen molar-refractivity contribution in [2.24, 2.45) is 10.1 Å². The Morgan fingerprint density at radius 3 is 2.26 bits per heavy atom. The first-order valence-electron chi connectivity index (χ1n) is 9.76. The predicted molar refractivity (Wildman–Crippen MR) is 123 cm³/mol. The molecule has 0 bridgehead atoms. The van der Waals surface area contributed by atoms with Crippen molar-refractivity contribution in [2.45, 2.75) is 23.5 Å². The maximum absolute atomic E-state index is 11.6. The molecule has 8 heteroatoms. The first kappa shape index (κ1) is 21.5. The van der Waals surface area contributed by atoms with Gasteiger partial charge in [-0.15, -0.1) is 0 Å². The van der Waals surface area contributed by atoms with Crippen molar-refractivity contribution in [2.75, 3.05) is 11.4 Å². The lowest BCUT2D eigenvalue weighted by molar-refractivity contribution is 0.0584. The molecule has 6 nitrogen and oxygen atoms in total. The number of aliphatic imine (C=N–C) groups is 1. The first-order valence-corrected chi connectivity index (χ1v) is 11.7. The number of hydrogen-bond donors (Lipinski definition) is 2. The van der Waals surface area contributed by atoms with Gasteiger partial charge in [-0.25, -0.2) is 18.5 Å². The van der Waals surface area contributed by atoms with Gasteiger partial charge in [0.05, 0.1) is 11.4 Å². The standard InChI is InChI=1S/C23H22ClN3O3S/c24-19-8-10-20(11-9-19)27-16-23(28,15-14-17-4-2-1-3-5-17)26-22(27)18-6-12-21(13-7-18)31(25,29)30/h1-13,28H,14-16H2,(H2,25,29,30). The van der Waals surface area contributed by atoms with Gasteiger partial charge in [0.25, 0.3) is 0 Å². The molecule has 0 spiro atoms. The van der Waals surface area contributed by atoms with Gasteiger partial charge >= 0.3 is 0 Å². The second-order valence-corrected chi connectivity index (χ2v) is 9.53. The number of amidine groups is 1. The van der Waals surface area contributed by atoms with E-state index in [2.05, 4.69) is 4.99 Å². The Morgan fingerprint density at radius 2 is 1.65 bits per heavy atom. The van der Waals surface area contributed by atoms with Crippen LogP contribution in [-0.4, -0.2) is 31.6 Å². The highest BCUT2D eigenvalue weighted by Crippen LogP contribution is 2.31. The van der Waals surface area contributed by atoms with Gasteiger partial charge < -0.3 is 10.0 Å². The molecule has 3 aromatic carbocycles. The molecule has 3 aromatic rings. The number of sulfonamides is 1. The molecule has 3 N–H and O–H groups in total. The number of halogens is 1. The molecule has 1 aliphatic rings. The third kappa shape index (κ3) is 4.97. The lowest BCUT2D eigenvalue weighted by atomic mass is 10.0. The number of nitrogens with two attached hydrogens (primary N) is 1. The third-order valence-corrected chi connectivity index (χ3v) is 6.40. The number of nitrogens with zero attached hydrogens (tertiary/aromatic N) is 2. The van der Waals surface area contributed by atoms with Crippen molar-refractivity contribution < 1.29 is 13.5 Å². The Morgan fingerprint density at radius 1 is 1.00 bits per heavy atom. The topological polar surface area (TPSA) is 96.0 Å². The van der Waals surface area contributed by atoms with E-state index in [4.69, 9.17) is 16.7 Å². The van der Waals surface area contributed by atoms with Crippen LogP contribution in [0.25, 0.3) is 0 Å². The number of primary sulfonamides is 1. The van der Waals surface area contributed by atoms with Crippen LogP contribution < -0.4 is 10.0 Å². The molecular weight excluding hydrogens is 434 g/mol. The fourth-order valence-electron chi connectivity index (χ4n) is 3.59. The zero-order valence-corrected chi connectivity index (χ0v) is 18.2. The Labute approximate surface area is 186 Å². The Bertz CT molecular complexity index is 1200. The number of anilines is 1. The molecule has 1 aliphatic heterocycles. The third-order valence-electron chi connectivity index (χ3n) is 5.22. The average Bonchev–Trinajstić information content (AvgIpc) is 3.11. The van der Waals surface area contributed by atoms with Crippen molar-refractivity contribution in [1.29, 1.82) is 0 Å². The van der Waals surface area contributed by atoms with Crippen LogP contribution in [0.4, 0.5) is 5.69 Å². The molecule has 0 aromatic heterocycles. The molecule has 160 valence electrons. The zero-order valence-electron chi connectivity index (χ0n) is 16.6. The van der Waals surface area contributed by atoms with E-state index in [9.17, 15) is 13.5 Å². The maximum Gasteiger partial charge on any atom is 0.238 e. The highest BCUT2D eigenvalue weighted by atomic mass is 35.5. The largest absolute Gasteiger partial charge is 0.368 e. The number of benzene rings is 3. The van der Waals surface area contributed by atoms with Crippen LogP contribution in [-0.2, 0) is 16.4 Å². The van der Waals surface area contributed by atoms with Crippen LogP contribution in [0, 0.1) is 0 Å². The van der Waals surface area contributed by atoms with Gasteiger partial charge in [0.1, 0.15) is 5.84 Å². The highest BCUT2D eigenvalue weighted by Gasteiger charge is 2.38. The van der Waals surface area contributed by atoms with Crippen LogP contribution in [0.1, 0.15) is 17.5 Å². The maximum atomic E-state index is 11.6. The van der Waals surface area contributed by atoms with Crippen molar-refractivity contribution in [3.63, 3.8) is 0 Å². The Balaban J connectivity index is 1.67. The molecule has 0 saturated heterocycles. The quantitative estimate of drug-likeness (QED) is 0.593. The molecule has 0 amide bonds. The van der Waals surface area contributed by atoms with Crippen LogP contribution >= 0.6 is 11.6 Å². The summed E-state index contributed by atoms with van der Waals surface area (Å²) in [6.07, 6.45) is 1.12. The number of aryl methyl sites for hydroxylation is 1. The SMILES string of the molecule is NS(=O)(=O)c1ccc(C2=NC(O)(CCc3ccccc3)CN2c2ccc(Cl)cc2)cc1. The molecule has 1 heterocycles. The summed E-state index contributed by atoms with van der Waals surface area (Å²) in [6, 6.07) is 23.4. The molecule has 1 atom stereocenters. The van der Waals surface area contributed by atoms with E-state index < -0.39 is 15.7 Å². The van der Waals surface area contributed by atoms with Gasteiger partial charge in [-0.2, -0.15) is 0 Å². The lowest BCUT2D eigenvalue weighted by Gasteiger charge is -2.24. The first-order chi connectivity index (χ1) is 14.7. The van der Waals surface area contributed by atoms with Gasteiger partial charge in [0, 0.05) is 22.7 Å². The van der Waals surface area contributed by atoms with E-state index in [1.807, 2.05) is 47.4 Å². The van der Waals surface area contributed by atoms with Gasteiger partial charge in [-0.1, -0.05) is 41.9 Å². The van der Waals surface area contributed by atoms with E-state index in [0.717, 1.165) is 11.3 Å². The monoisotopic (exact) mass is 455 g/mol. The summed E-state index contributed by atoms with van der Waals surface area (Å²) in [5.41, 5.74) is 1.34. The van der Waals surface area contributed by atoms with Gasteiger partial charge in [-0.05, 0) is 60.5 Å². The summed E-state index contributed by atoms with van der Waals surface area (Å²) in [7, 11) is -3.79. The summed E-state index contributed by atoms with van der Waals surface area (Å²) >= 11 is 6.04. The Kier molecular flexibility index (Phi) is 5.85. The summed E-state index contributed by atoms with van der Waals surface area (Å²) < 4.78 is 23.2. The summed E-state index contributed by atoms with van der Waals surface area (Å²) in [6.45, 7) is 0.272. The summed E-state index contributed by atoms with van der Waals surface area (Å²) in [5.74, 6) is 0.554. The fraction of sp³-hybridized carbons (Fsp3) is 0.174. The van der Waals surface area contributed by atoms with Gasteiger partial charge in [-0.3, -0.25) is 0 Å². The Hall–Kier alpha value is -2.71.